The van der Waals surface area contributed by atoms with E-state index in [-0.39, 0.29) is 18.0 Å². The molecule has 2 N–H and O–H groups in total. The smallest absolute Gasteiger partial charge is 0.352 e. The van der Waals surface area contributed by atoms with Crippen LogP contribution in [-0.4, -0.2) is 21.9 Å². The standard InChI is InChI=1S/C18H16N2O6/c1-12(21)19-17(18(22)23)10-13-4-8-16(9-5-13)26-11-14-2-6-15(7-3-14)20(24)25/h2-10H,11H2,1H3,(H,19,21)(H,22,23). The number of carboxylic acid groups (broad SMARTS) is 1. The molecule has 2 aromatic carbocycles. The van der Waals surface area contributed by atoms with E-state index in [0.717, 1.165) is 5.56 Å². The van der Waals surface area contributed by atoms with Crippen LogP contribution < -0.4 is 10.1 Å². The molecular weight excluding hydrogens is 340 g/mol. The maximum atomic E-state index is 11.1. The number of benzene rings is 2. The normalized spacial score (nSPS) is 10.9. The first-order chi connectivity index (χ1) is 12.3. The quantitative estimate of drug-likeness (QED) is 0.447. The van der Waals surface area contributed by atoms with E-state index in [4.69, 9.17) is 9.84 Å². The van der Waals surface area contributed by atoms with E-state index in [9.17, 15) is 19.7 Å². The number of nitrogens with zero attached hydrogens (tertiary/aromatic N) is 1. The fourth-order valence-corrected chi connectivity index (χ4v) is 2.05. The molecule has 0 spiro atoms. The highest BCUT2D eigenvalue weighted by Gasteiger charge is 2.09. The van der Waals surface area contributed by atoms with E-state index >= 15 is 0 Å². The van der Waals surface area contributed by atoms with Crippen molar-refractivity contribution >= 4 is 23.6 Å². The molecule has 0 bridgehead atoms. The second-order valence-corrected chi connectivity index (χ2v) is 5.33. The Morgan fingerprint density at radius 2 is 1.77 bits per heavy atom. The fourth-order valence-electron chi connectivity index (χ4n) is 2.05. The van der Waals surface area contributed by atoms with Gasteiger partial charge in [-0.05, 0) is 41.5 Å². The Morgan fingerprint density at radius 1 is 1.15 bits per heavy atom. The van der Waals surface area contributed by atoms with Gasteiger partial charge < -0.3 is 15.2 Å². The Balaban J connectivity index is 2.01. The number of nitro groups is 1. The van der Waals surface area contributed by atoms with Crippen molar-refractivity contribution in [3.63, 3.8) is 0 Å². The molecule has 2 rings (SSSR count). The highest BCUT2D eigenvalue weighted by Crippen LogP contribution is 2.17. The van der Waals surface area contributed by atoms with Gasteiger partial charge in [-0.15, -0.1) is 0 Å². The van der Waals surface area contributed by atoms with Crippen molar-refractivity contribution < 1.29 is 24.4 Å². The van der Waals surface area contributed by atoms with Gasteiger partial charge in [-0.2, -0.15) is 0 Å². The number of nitrogens with one attached hydrogen (secondary N) is 1. The Kier molecular flexibility index (Phi) is 6.05. The second kappa shape index (κ2) is 8.43. The SMILES string of the molecule is CC(=O)NC(=Cc1ccc(OCc2ccc([N+](=O)[O-])cc2)cc1)C(=O)O. The molecule has 8 heteroatoms. The summed E-state index contributed by atoms with van der Waals surface area (Å²) in [4.78, 5) is 32.2. The fraction of sp³-hybridized carbons (Fsp3) is 0.111. The monoisotopic (exact) mass is 356 g/mol. The topological polar surface area (TPSA) is 119 Å². The molecule has 1 amide bonds. The van der Waals surface area contributed by atoms with E-state index in [1.807, 2.05) is 0 Å². The zero-order valence-corrected chi connectivity index (χ0v) is 13.8. The zero-order chi connectivity index (χ0) is 19.1. The third-order valence-electron chi connectivity index (χ3n) is 3.28. The molecule has 0 saturated carbocycles. The summed E-state index contributed by atoms with van der Waals surface area (Å²) >= 11 is 0. The van der Waals surface area contributed by atoms with Crippen molar-refractivity contribution in [2.24, 2.45) is 0 Å². The first-order valence-electron chi connectivity index (χ1n) is 7.54. The van der Waals surface area contributed by atoms with Crippen LogP contribution in [0.2, 0.25) is 0 Å². The van der Waals surface area contributed by atoms with Crippen molar-refractivity contribution in [3.05, 3.63) is 75.5 Å². The summed E-state index contributed by atoms with van der Waals surface area (Å²) in [6.45, 7) is 1.46. The Hall–Kier alpha value is -3.68. The van der Waals surface area contributed by atoms with Crippen LogP contribution in [0, 0.1) is 10.1 Å². The van der Waals surface area contributed by atoms with Gasteiger partial charge in [0.2, 0.25) is 5.91 Å². The van der Waals surface area contributed by atoms with Crippen LogP contribution in [0.15, 0.2) is 54.2 Å². The predicted octanol–water partition coefficient (Wildman–Crippen LogP) is 2.74. The molecule has 0 radical (unpaired) electrons. The third-order valence-corrected chi connectivity index (χ3v) is 3.28. The van der Waals surface area contributed by atoms with Crippen LogP contribution in [0.5, 0.6) is 5.75 Å². The van der Waals surface area contributed by atoms with Crippen LogP contribution in [0.3, 0.4) is 0 Å². The van der Waals surface area contributed by atoms with Crippen molar-refractivity contribution in [1.82, 2.24) is 5.32 Å². The van der Waals surface area contributed by atoms with E-state index in [1.165, 1.54) is 25.1 Å². The third kappa shape index (κ3) is 5.45. The summed E-state index contributed by atoms with van der Waals surface area (Å²) in [7, 11) is 0. The number of non-ortho nitro benzene ring substituents is 1. The average Bonchev–Trinajstić information content (AvgIpc) is 2.60. The van der Waals surface area contributed by atoms with Gasteiger partial charge in [0.15, 0.2) is 0 Å². The number of hydrogen-bond acceptors (Lipinski definition) is 5. The lowest BCUT2D eigenvalue weighted by Gasteiger charge is -2.07. The molecule has 8 nitrogen and oxygen atoms in total. The summed E-state index contributed by atoms with van der Waals surface area (Å²) in [5, 5.41) is 21.9. The number of hydrogen-bond donors (Lipinski definition) is 2. The zero-order valence-electron chi connectivity index (χ0n) is 13.8. The van der Waals surface area contributed by atoms with Gasteiger partial charge in [0.05, 0.1) is 4.92 Å². The van der Waals surface area contributed by atoms with Gasteiger partial charge in [-0.25, -0.2) is 4.79 Å². The lowest BCUT2D eigenvalue weighted by molar-refractivity contribution is -0.384. The Morgan fingerprint density at radius 3 is 2.27 bits per heavy atom. The summed E-state index contributed by atoms with van der Waals surface area (Å²) in [6, 6.07) is 12.6. The first-order valence-corrected chi connectivity index (χ1v) is 7.54. The number of carboxylic acids is 1. The molecule has 0 aromatic heterocycles. The largest absolute Gasteiger partial charge is 0.489 e. The molecule has 0 unspecified atom stereocenters. The lowest BCUT2D eigenvalue weighted by Crippen LogP contribution is -2.24. The van der Waals surface area contributed by atoms with Gasteiger partial charge >= 0.3 is 5.97 Å². The summed E-state index contributed by atoms with van der Waals surface area (Å²) in [5.74, 6) is -1.16. The second-order valence-electron chi connectivity index (χ2n) is 5.33. The molecule has 0 aliphatic carbocycles. The van der Waals surface area contributed by atoms with Crippen LogP contribution in [-0.2, 0) is 16.2 Å². The molecule has 0 aliphatic heterocycles. The molecule has 134 valence electrons. The predicted molar refractivity (Wildman–Crippen MR) is 93.3 cm³/mol. The molecule has 26 heavy (non-hydrogen) atoms. The molecule has 0 fully saturated rings. The van der Waals surface area contributed by atoms with Crippen molar-refractivity contribution in [2.75, 3.05) is 0 Å². The summed E-state index contributed by atoms with van der Waals surface area (Å²) < 4.78 is 5.59. The van der Waals surface area contributed by atoms with E-state index in [1.54, 1.807) is 36.4 Å². The number of carbonyl (C=O) groups excluding carboxylic acids is 1. The van der Waals surface area contributed by atoms with Crippen molar-refractivity contribution in [3.8, 4) is 5.75 Å². The van der Waals surface area contributed by atoms with E-state index in [0.29, 0.717) is 11.3 Å². The average molecular weight is 356 g/mol. The van der Waals surface area contributed by atoms with E-state index in [2.05, 4.69) is 5.32 Å². The number of amides is 1. The number of aliphatic carboxylic acids is 1. The maximum Gasteiger partial charge on any atom is 0.352 e. The minimum atomic E-state index is -1.24. The van der Waals surface area contributed by atoms with Crippen LogP contribution in [0.25, 0.3) is 6.08 Å². The van der Waals surface area contributed by atoms with Gasteiger partial charge in [0, 0.05) is 19.1 Å². The lowest BCUT2D eigenvalue weighted by atomic mass is 10.2. The number of rotatable bonds is 7. The summed E-state index contributed by atoms with van der Waals surface area (Å²) in [6.07, 6.45) is 1.34. The van der Waals surface area contributed by atoms with Crippen LogP contribution in [0.4, 0.5) is 5.69 Å². The Labute approximate surface area is 148 Å². The molecule has 2 aromatic rings. The number of carbonyl (C=O) groups is 2. The van der Waals surface area contributed by atoms with Gasteiger partial charge in [0.1, 0.15) is 18.1 Å². The highest BCUT2D eigenvalue weighted by atomic mass is 16.6. The minimum absolute atomic E-state index is 0.0123. The van der Waals surface area contributed by atoms with Gasteiger partial charge in [-0.3, -0.25) is 14.9 Å². The van der Waals surface area contributed by atoms with E-state index < -0.39 is 16.8 Å². The Bertz CT molecular complexity index is 841. The number of nitro benzene ring substituents is 1. The van der Waals surface area contributed by atoms with Crippen molar-refractivity contribution in [1.29, 1.82) is 0 Å². The first kappa shape index (κ1) is 18.7. The maximum absolute atomic E-state index is 11.1. The van der Waals surface area contributed by atoms with Crippen molar-refractivity contribution in [2.45, 2.75) is 13.5 Å². The van der Waals surface area contributed by atoms with Crippen LogP contribution in [0.1, 0.15) is 18.1 Å². The minimum Gasteiger partial charge on any atom is -0.489 e. The number of ether oxygens (including phenoxy) is 1. The molecule has 0 saturated heterocycles. The molecule has 0 heterocycles. The highest BCUT2D eigenvalue weighted by molar-refractivity contribution is 5.96. The molecule has 0 aliphatic rings. The molecular formula is C18H16N2O6. The summed E-state index contributed by atoms with van der Waals surface area (Å²) in [5.41, 5.74) is 1.15. The van der Waals surface area contributed by atoms with Gasteiger partial charge in [-0.1, -0.05) is 12.1 Å². The molecule has 0 atom stereocenters. The van der Waals surface area contributed by atoms with Gasteiger partial charge in [0.25, 0.3) is 5.69 Å². The van der Waals surface area contributed by atoms with Crippen LogP contribution >= 0.6 is 0 Å².